The number of rotatable bonds is 61. The fourth-order valence-electron chi connectivity index (χ4n) is 9.60. The molecule has 1 unspecified atom stereocenters. The Kier molecular flexibility index (Phi) is 63.7. The summed E-state index contributed by atoms with van der Waals surface area (Å²) < 4.78 is 16.9. The summed E-state index contributed by atoms with van der Waals surface area (Å²) in [6, 6.07) is 0. The number of unbranched alkanes of at least 4 members (excludes halogenated alkanes) is 34. The molecule has 0 aromatic rings. The fourth-order valence-corrected chi connectivity index (χ4v) is 9.60. The van der Waals surface area contributed by atoms with Crippen molar-refractivity contribution in [1.29, 1.82) is 0 Å². The van der Waals surface area contributed by atoms with Crippen LogP contribution >= 0.6 is 0 Å². The second-order valence-electron chi connectivity index (χ2n) is 22.3. The van der Waals surface area contributed by atoms with Crippen molar-refractivity contribution in [3.8, 4) is 0 Å². The monoisotopic (exact) mass is 1100 g/mol. The summed E-state index contributed by atoms with van der Waals surface area (Å²) in [5.41, 5.74) is 0. The zero-order valence-corrected chi connectivity index (χ0v) is 52.1. The van der Waals surface area contributed by atoms with E-state index in [0.29, 0.717) is 19.3 Å². The maximum atomic E-state index is 12.9. The Labute approximate surface area is 489 Å². The molecule has 6 heteroatoms. The fraction of sp³-hybridized carbons (Fsp3) is 0.740. The quantitative estimate of drug-likeness (QED) is 0.0261. The molecule has 0 rings (SSSR count). The first-order chi connectivity index (χ1) is 39.0. The van der Waals surface area contributed by atoms with E-state index in [1.165, 1.54) is 167 Å². The minimum atomic E-state index is -0.784. The van der Waals surface area contributed by atoms with Gasteiger partial charge in [0, 0.05) is 19.3 Å². The molecule has 0 fully saturated rings. The summed E-state index contributed by atoms with van der Waals surface area (Å²) in [6.45, 7) is 6.44. The van der Waals surface area contributed by atoms with Crippen LogP contribution in [0.1, 0.15) is 329 Å². The van der Waals surface area contributed by atoms with E-state index in [1.54, 1.807) is 0 Å². The molecule has 0 aliphatic heterocycles. The minimum Gasteiger partial charge on any atom is -0.462 e. The van der Waals surface area contributed by atoms with Crippen LogP contribution < -0.4 is 0 Å². The normalized spacial score (nSPS) is 12.7. The van der Waals surface area contributed by atoms with Gasteiger partial charge in [0.15, 0.2) is 6.10 Å². The van der Waals surface area contributed by atoms with Gasteiger partial charge in [0.2, 0.25) is 0 Å². The van der Waals surface area contributed by atoms with E-state index in [1.807, 2.05) is 0 Å². The average molecular weight is 1100 g/mol. The highest BCUT2D eigenvalue weighted by molar-refractivity contribution is 5.71. The molecule has 0 aromatic heterocycles. The second-order valence-corrected chi connectivity index (χ2v) is 22.3. The molecule has 0 heterocycles. The van der Waals surface area contributed by atoms with Crippen molar-refractivity contribution >= 4 is 17.9 Å². The molecule has 0 amide bonds. The zero-order valence-electron chi connectivity index (χ0n) is 52.1. The molecule has 0 saturated heterocycles. The number of carbonyl (C=O) groups excluding carboxylic acids is 3. The lowest BCUT2D eigenvalue weighted by Crippen LogP contribution is -2.30. The van der Waals surface area contributed by atoms with Gasteiger partial charge in [-0.2, -0.15) is 0 Å². The topological polar surface area (TPSA) is 78.9 Å². The summed E-state index contributed by atoms with van der Waals surface area (Å²) in [6.07, 6.45) is 90.0. The van der Waals surface area contributed by atoms with Crippen LogP contribution in [0.5, 0.6) is 0 Å². The van der Waals surface area contributed by atoms with Crippen LogP contribution in [0.2, 0.25) is 0 Å². The average Bonchev–Trinajstić information content (AvgIpc) is 3.45. The minimum absolute atomic E-state index is 0.0792. The number of hydrogen-bond acceptors (Lipinski definition) is 6. The van der Waals surface area contributed by atoms with Crippen molar-refractivity contribution in [3.05, 3.63) is 97.2 Å². The Balaban J connectivity index is 4.25. The standard InChI is InChI=1S/C73H126O6/c1-4-7-10-13-16-19-22-25-27-29-31-32-33-34-35-36-37-38-39-40-42-43-45-48-51-54-57-60-63-66-72(75)78-69-70(68-77-71(74)65-62-59-56-53-50-47-24-21-18-15-12-9-6-3)79-73(76)67-64-61-58-55-52-49-46-44-41-30-28-26-23-20-17-14-11-8-5-2/h7-8,10-11,16-17,19-20,25-28,31-32,41,44,70H,4-6,9,12-15,18,21-24,29-30,33-40,42-43,45-69H2,1-3H3/b10-7-,11-8-,19-16-,20-17-,27-25-,28-26-,32-31-,44-41-. The van der Waals surface area contributed by atoms with Crippen LogP contribution in [0, 0.1) is 0 Å². The van der Waals surface area contributed by atoms with Crippen LogP contribution in [0.15, 0.2) is 97.2 Å². The first-order valence-electron chi connectivity index (χ1n) is 33.7. The van der Waals surface area contributed by atoms with E-state index in [0.717, 1.165) is 122 Å². The highest BCUT2D eigenvalue weighted by Crippen LogP contribution is 2.17. The van der Waals surface area contributed by atoms with Gasteiger partial charge in [-0.15, -0.1) is 0 Å². The van der Waals surface area contributed by atoms with E-state index in [9.17, 15) is 14.4 Å². The van der Waals surface area contributed by atoms with Crippen molar-refractivity contribution < 1.29 is 28.6 Å². The van der Waals surface area contributed by atoms with Gasteiger partial charge in [-0.1, -0.05) is 311 Å². The van der Waals surface area contributed by atoms with Gasteiger partial charge in [0.25, 0.3) is 0 Å². The molecule has 0 radical (unpaired) electrons. The number of carbonyl (C=O) groups is 3. The second kappa shape index (κ2) is 66.8. The molecule has 0 N–H and O–H groups in total. The predicted octanol–water partition coefficient (Wildman–Crippen LogP) is 23.2. The molecular formula is C73H126O6. The highest BCUT2D eigenvalue weighted by Gasteiger charge is 2.19. The van der Waals surface area contributed by atoms with Gasteiger partial charge in [-0.3, -0.25) is 14.4 Å². The summed E-state index contributed by atoms with van der Waals surface area (Å²) in [5.74, 6) is -0.878. The van der Waals surface area contributed by atoms with E-state index >= 15 is 0 Å². The van der Waals surface area contributed by atoms with Crippen molar-refractivity contribution in [1.82, 2.24) is 0 Å². The van der Waals surface area contributed by atoms with Crippen LogP contribution in [-0.4, -0.2) is 37.2 Å². The van der Waals surface area contributed by atoms with E-state index in [4.69, 9.17) is 14.2 Å². The van der Waals surface area contributed by atoms with E-state index in [-0.39, 0.29) is 31.1 Å². The van der Waals surface area contributed by atoms with Crippen LogP contribution in [-0.2, 0) is 28.6 Å². The molecule has 0 spiro atoms. The maximum absolute atomic E-state index is 12.9. The van der Waals surface area contributed by atoms with Gasteiger partial charge >= 0.3 is 17.9 Å². The van der Waals surface area contributed by atoms with Crippen molar-refractivity contribution in [3.63, 3.8) is 0 Å². The lowest BCUT2D eigenvalue weighted by molar-refractivity contribution is -0.167. The lowest BCUT2D eigenvalue weighted by atomic mass is 10.0. The van der Waals surface area contributed by atoms with Crippen molar-refractivity contribution in [2.45, 2.75) is 335 Å². The molecule has 0 aromatic carbocycles. The number of hydrogen-bond donors (Lipinski definition) is 0. The number of ether oxygens (including phenoxy) is 3. The summed E-state index contributed by atoms with van der Waals surface area (Å²) in [4.78, 5) is 38.4. The van der Waals surface area contributed by atoms with E-state index < -0.39 is 6.10 Å². The first kappa shape index (κ1) is 75.3. The highest BCUT2D eigenvalue weighted by atomic mass is 16.6. The lowest BCUT2D eigenvalue weighted by Gasteiger charge is -2.18. The third-order valence-electron chi connectivity index (χ3n) is 14.6. The summed E-state index contributed by atoms with van der Waals surface area (Å²) in [5, 5.41) is 0. The SMILES string of the molecule is CC/C=C\C/C=C\C/C=C\C/C=C\CCCCCCCCCCCCCCCCCCC(=O)OCC(COC(=O)CCCCCCCCCCCCCCC)OC(=O)CCCCCCCC/C=C\C/C=C\C/C=C\C/C=C\CC. The number of allylic oxidation sites excluding steroid dienone is 16. The van der Waals surface area contributed by atoms with Crippen LogP contribution in [0.3, 0.4) is 0 Å². The Morgan fingerprint density at radius 1 is 0.266 bits per heavy atom. The Morgan fingerprint density at radius 2 is 0.494 bits per heavy atom. The smallest absolute Gasteiger partial charge is 0.306 e. The molecule has 0 bridgehead atoms. The van der Waals surface area contributed by atoms with Crippen LogP contribution in [0.25, 0.3) is 0 Å². The maximum Gasteiger partial charge on any atom is 0.306 e. The van der Waals surface area contributed by atoms with Crippen molar-refractivity contribution in [2.24, 2.45) is 0 Å². The summed E-state index contributed by atoms with van der Waals surface area (Å²) in [7, 11) is 0. The third-order valence-corrected chi connectivity index (χ3v) is 14.6. The van der Waals surface area contributed by atoms with Gasteiger partial charge in [-0.05, 0) is 96.3 Å². The molecule has 454 valence electrons. The van der Waals surface area contributed by atoms with Crippen molar-refractivity contribution in [2.75, 3.05) is 13.2 Å². The largest absolute Gasteiger partial charge is 0.462 e. The summed E-state index contributed by atoms with van der Waals surface area (Å²) >= 11 is 0. The third kappa shape index (κ3) is 65.0. The molecular weight excluding hydrogens is 973 g/mol. The van der Waals surface area contributed by atoms with Gasteiger partial charge in [0.05, 0.1) is 0 Å². The number of esters is 3. The molecule has 6 nitrogen and oxygen atoms in total. The first-order valence-corrected chi connectivity index (χ1v) is 33.7. The molecule has 0 saturated carbocycles. The molecule has 1 atom stereocenters. The van der Waals surface area contributed by atoms with Gasteiger partial charge in [0.1, 0.15) is 13.2 Å². The Hall–Kier alpha value is -3.67. The Morgan fingerprint density at radius 3 is 0.772 bits per heavy atom. The van der Waals surface area contributed by atoms with Gasteiger partial charge in [-0.25, -0.2) is 0 Å². The molecule has 0 aliphatic carbocycles. The zero-order chi connectivity index (χ0) is 57.1. The molecule has 0 aliphatic rings. The molecule has 79 heavy (non-hydrogen) atoms. The predicted molar refractivity (Wildman–Crippen MR) is 344 cm³/mol. The van der Waals surface area contributed by atoms with Gasteiger partial charge < -0.3 is 14.2 Å². The van der Waals surface area contributed by atoms with Crippen LogP contribution in [0.4, 0.5) is 0 Å². The van der Waals surface area contributed by atoms with E-state index in [2.05, 4.69) is 118 Å². The Bertz CT molecular complexity index is 1540.